The Kier molecular flexibility index (Phi) is 2.98. The molecule has 0 bridgehead atoms. The molecule has 0 amide bonds. The lowest BCUT2D eigenvalue weighted by atomic mass is 10.2. The van der Waals surface area contributed by atoms with E-state index in [2.05, 4.69) is 15.9 Å². The molecule has 3 heteroatoms. The van der Waals surface area contributed by atoms with Gasteiger partial charge in [-0.1, -0.05) is 46.3 Å². The largest absolute Gasteiger partial charge is 0.347 e. The minimum atomic E-state index is -0.185. The van der Waals surface area contributed by atoms with Crippen LogP contribution >= 0.6 is 15.9 Å². The number of hydrogen-bond acceptors (Lipinski definition) is 2. The zero-order valence-corrected chi connectivity index (χ0v) is 8.74. The van der Waals surface area contributed by atoms with E-state index in [0.29, 0.717) is 18.0 Å². The quantitative estimate of drug-likeness (QED) is 0.705. The summed E-state index contributed by atoms with van der Waals surface area (Å²) in [6.45, 7) is 1.42. The van der Waals surface area contributed by atoms with E-state index in [4.69, 9.17) is 9.47 Å². The van der Waals surface area contributed by atoms with Crippen molar-refractivity contribution >= 4 is 15.9 Å². The van der Waals surface area contributed by atoms with Crippen molar-refractivity contribution in [2.24, 2.45) is 0 Å². The molecule has 0 spiro atoms. The second-order valence-electron chi connectivity index (χ2n) is 3.01. The smallest absolute Gasteiger partial charge is 0.183 e. The Bertz CT molecular complexity index is 255. The summed E-state index contributed by atoms with van der Waals surface area (Å²) >= 11 is 3.44. The van der Waals surface area contributed by atoms with E-state index in [0.717, 1.165) is 5.56 Å². The molecule has 1 fully saturated rings. The second-order valence-corrected chi connectivity index (χ2v) is 4.30. The number of hydrogen-bond donors (Lipinski definition) is 0. The molecular weight excluding hydrogens is 232 g/mol. The van der Waals surface area contributed by atoms with Gasteiger partial charge in [-0.25, -0.2) is 0 Å². The molecule has 0 atom stereocenters. The van der Waals surface area contributed by atoms with E-state index in [-0.39, 0.29) is 6.29 Å². The SMILES string of the molecule is BrC1COC(c2ccccc2)OC1. The third-order valence-electron chi connectivity index (χ3n) is 1.93. The molecule has 1 aliphatic heterocycles. The molecule has 0 aliphatic carbocycles. The maximum absolute atomic E-state index is 5.51. The van der Waals surface area contributed by atoms with Gasteiger partial charge in [-0.3, -0.25) is 0 Å². The van der Waals surface area contributed by atoms with Crippen molar-refractivity contribution < 1.29 is 9.47 Å². The highest BCUT2D eigenvalue weighted by Crippen LogP contribution is 2.24. The number of ether oxygens (including phenoxy) is 2. The van der Waals surface area contributed by atoms with Crippen molar-refractivity contribution in [3.05, 3.63) is 35.9 Å². The summed E-state index contributed by atoms with van der Waals surface area (Å²) < 4.78 is 11.0. The predicted octanol–water partition coefficient (Wildman–Crippen LogP) is 2.50. The third kappa shape index (κ3) is 2.30. The normalized spacial score (nSPS) is 28.7. The molecular formula is C10H11BrO2. The first-order valence-electron chi connectivity index (χ1n) is 4.28. The molecule has 1 saturated heterocycles. The Balaban J connectivity index is 2.03. The predicted molar refractivity (Wildman–Crippen MR) is 53.8 cm³/mol. The van der Waals surface area contributed by atoms with Crippen LogP contribution in [0.2, 0.25) is 0 Å². The van der Waals surface area contributed by atoms with E-state index >= 15 is 0 Å². The molecule has 0 radical (unpaired) electrons. The van der Waals surface area contributed by atoms with E-state index in [1.165, 1.54) is 0 Å². The van der Waals surface area contributed by atoms with Crippen LogP contribution < -0.4 is 0 Å². The molecule has 0 N–H and O–H groups in total. The molecule has 0 saturated carbocycles. The van der Waals surface area contributed by atoms with Crippen molar-refractivity contribution in [2.45, 2.75) is 11.1 Å². The minimum absolute atomic E-state index is 0.185. The van der Waals surface area contributed by atoms with E-state index in [1.807, 2.05) is 30.3 Å². The molecule has 1 aromatic rings. The first-order chi connectivity index (χ1) is 6.36. The van der Waals surface area contributed by atoms with Crippen LogP contribution in [0.1, 0.15) is 11.9 Å². The lowest BCUT2D eigenvalue weighted by Crippen LogP contribution is -2.26. The van der Waals surface area contributed by atoms with Crippen LogP contribution in [0.4, 0.5) is 0 Å². The van der Waals surface area contributed by atoms with Gasteiger partial charge in [0.2, 0.25) is 0 Å². The van der Waals surface area contributed by atoms with Gasteiger partial charge in [-0.05, 0) is 0 Å². The van der Waals surface area contributed by atoms with Gasteiger partial charge in [0.05, 0.1) is 18.0 Å². The van der Waals surface area contributed by atoms with Gasteiger partial charge < -0.3 is 9.47 Å². The van der Waals surface area contributed by atoms with E-state index < -0.39 is 0 Å². The fourth-order valence-electron chi connectivity index (χ4n) is 1.28. The van der Waals surface area contributed by atoms with Crippen molar-refractivity contribution in [1.82, 2.24) is 0 Å². The summed E-state index contributed by atoms with van der Waals surface area (Å²) in [7, 11) is 0. The fraction of sp³-hybridized carbons (Fsp3) is 0.400. The van der Waals surface area contributed by atoms with Crippen LogP contribution in [0.15, 0.2) is 30.3 Å². The summed E-state index contributed by atoms with van der Waals surface area (Å²) in [5.74, 6) is 0. The number of benzene rings is 1. The van der Waals surface area contributed by atoms with Gasteiger partial charge >= 0.3 is 0 Å². The maximum Gasteiger partial charge on any atom is 0.183 e. The molecule has 0 aromatic heterocycles. The number of rotatable bonds is 1. The molecule has 1 heterocycles. The van der Waals surface area contributed by atoms with Crippen molar-refractivity contribution in [3.63, 3.8) is 0 Å². The summed E-state index contributed by atoms with van der Waals surface area (Å²) in [6.07, 6.45) is -0.185. The lowest BCUT2D eigenvalue weighted by molar-refractivity contribution is -0.179. The summed E-state index contributed by atoms with van der Waals surface area (Å²) in [4.78, 5) is 0.326. The summed E-state index contributed by atoms with van der Waals surface area (Å²) in [5.41, 5.74) is 1.09. The highest BCUT2D eigenvalue weighted by Gasteiger charge is 2.20. The van der Waals surface area contributed by atoms with Crippen LogP contribution in [0, 0.1) is 0 Å². The maximum atomic E-state index is 5.51. The Morgan fingerprint density at radius 2 is 1.69 bits per heavy atom. The topological polar surface area (TPSA) is 18.5 Å². The van der Waals surface area contributed by atoms with Crippen molar-refractivity contribution in [2.75, 3.05) is 13.2 Å². The van der Waals surface area contributed by atoms with E-state index in [1.54, 1.807) is 0 Å². The molecule has 1 aliphatic rings. The van der Waals surface area contributed by atoms with Crippen LogP contribution in [0.5, 0.6) is 0 Å². The van der Waals surface area contributed by atoms with Crippen molar-refractivity contribution in [1.29, 1.82) is 0 Å². The molecule has 1 aromatic carbocycles. The second kappa shape index (κ2) is 4.22. The average Bonchev–Trinajstić information content (AvgIpc) is 2.20. The highest BCUT2D eigenvalue weighted by molar-refractivity contribution is 9.09. The van der Waals surface area contributed by atoms with Crippen LogP contribution in [-0.4, -0.2) is 18.0 Å². The fourth-order valence-corrected chi connectivity index (χ4v) is 1.59. The first-order valence-corrected chi connectivity index (χ1v) is 5.20. The standard InChI is InChI=1S/C10H11BrO2/c11-9-6-12-10(13-7-9)8-4-2-1-3-5-8/h1-5,9-10H,6-7H2. The Hall–Kier alpha value is -0.380. The zero-order chi connectivity index (χ0) is 9.10. The Labute approximate surface area is 86.0 Å². The highest BCUT2D eigenvalue weighted by atomic mass is 79.9. The minimum Gasteiger partial charge on any atom is -0.347 e. The monoisotopic (exact) mass is 242 g/mol. The summed E-state index contributed by atoms with van der Waals surface area (Å²) in [5, 5.41) is 0. The van der Waals surface area contributed by atoms with Gasteiger partial charge in [0.25, 0.3) is 0 Å². The summed E-state index contributed by atoms with van der Waals surface area (Å²) in [6, 6.07) is 9.99. The van der Waals surface area contributed by atoms with E-state index in [9.17, 15) is 0 Å². The third-order valence-corrected chi connectivity index (χ3v) is 2.46. The lowest BCUT2D eigenvalue weighted by Gasteiger charge is -2.26. The zero-order valence-electron chi connectivity index (χ0n) is 7.15. The molecule has 2 rings (SSSR count). The molecule has 13 heavy (non-hydrogen) atoms. The van der Waals surface area contributed by atoms with Gasteiger partial charge in [-0.2, -0.15) is 0 Å². The van der Waals surface area contributed by atoms with Crippen LogP contribution in [-0.2, 0) is 9.47 Å². The van der Waals surface area contributed by atoms with Crippen LogP contribution in [0.25, 0.3) is 0 Å². The van der Waals surface area contributed by atoms with Gasteiger partial charge in [-0.15, -0.1) is 0 Å². The van der Waals surface area contributed by atoms with Crippen molar-refractivity contribution in [3.8, 4) is 0 Å². The van der Waals surface area contributed by atoms with Crippen LogP contribution in [0.3, 0.4) is 0 Å². The Morgan fingerprint density at radius 3 is 2.31 bits per heavy atom. The van der Waals surface area contributed by atoms with Gasteiger partial charge in [0, 0.05) is 5.56 Å². The molecule has 70 valence electrons. The van der Waals surface area contributed by atoms with Gasteiger partial charge in [0.15, 0.2) is 6.29 Å². The number of alkyl halides is 1. The average molecular weight is 243 g/mol. The number of halogens is 1. The Morgan fingerprint density at radius 1 is 1.08 bits per heavy atom. The molecule has 2 nitrogen and oxygen atoms in total. The first kappa shape index (κ1) is 9.19. The van der Waals surface area contributed by atoms with Gasteiger partial charge in [0.1, 0.15) is 0 Å². The molecule has 0 unspecified atom stereocenters.